The lowest BCUT2D eigenvalue weighted by molar-refractivity contribution is -0.125. The monoisotopic (exact) mass is 311 g/mol. The second kappa shape index (κ2) is 5.39. The first-order valence-corrected chi connectivity index (χ1v) is 6.45. The van der Waals surface area contributed by atoms with E-state index in [1.165, 1.54) is 4.90 Å². The Balaban J connectivity index is 1.95. The molecule has 1 fully saturated rings. The zero-order valence-corrected chi connectivity index (χ0v) is 11.6. The number of halogens is 1. The van der Waals surface area contributed by atoms with Crippen LogP contribution < -0.4 is 10.6 Å². The Kier molecular flexibility index (Phi) is 3.86. The molecule has 6 heteroatoms. The molecule has 3 amide bonds. The zero-order valence-electron chi connectivity index (χ0n) is 10.00. The molecule has 1 aromatic rings. The number of anilines is 1. The van der Waals surface area contributed by atoms with E-state index in [-0.39, 0.29) is 18.5 Å². The van der Waals surface area contributed by atoms with Crippen molar-refractivity contribution in [1.82, 2.24) is 10.2 Å². The summed E-state index contributed by atoms with van der Waals surface area (Å²) in [6, 6.07) is 5.46. The summed E-state index contributed by atoms with van der Waals surface area (Å²) >= 11 is 3.38. The molecule has 2 N–H and O–H groups in total. The van der Waals surface area contributed by atoms with E-state index in [2.05, 4.69) is 26.6 Å². The highest BCUT2D eigenvalue weighted by Crippen LogP contribution is 2.19. The molecule has 1 heterocycles. The van der Waals surface area contributed by atoms with Gasteiger partial charge < -0.3 is 10.6 Å². The lowest BCUT2D eigenvalue weighted by Crippen LogP contribution is -2.38. The van der Waals surface area contributed by atoms with Gasteiger partial charge in [-0.2, -0.15) is 0 Å². The van der Waals surface area contributed by atoms with Crippen LogP contribution in [0.3, 0.4) is 0 Å². The zero-order chi connectivity index (χ0) is 13.1. The maximum Gasteiger partial charge on any atom is 0.324 e. The van der Waals surface area contributed by atoms with Crippen molar-refractivity contribution in [3.8, 4) is 0 Å². The van der Waals surface area contributed by atoms with Gasteiger partial charge >= 0.3 is 6.03 Å². The third-order valence-corrected chi connectivity index (χ3v) is 3.27. The van der Waals surface area contributed by atoms with Crippen molar-refractivity contribution in [3.05, 3.63) is 28.2 Å². The summed E-state index contributed by atoms with van der Waals surface area (Å²) in [5.41, 5.74) is 1.94. The fourth-order valence-electron chi connectivity index (χ4n) is 1.80. The van der Waals surface area contributed by atoms with Crippen molar-refractivity contribution >= 4 is 33.6 Å². The van der Waals surface area contributed by atoms with Crippen molar-refractivity contribution in [2.24, 2.45) is 0 Å². The van der Waals surface area contributed by atoms with Crippen molar-refractivity contribution in [2.75, 3.05) is 25.0 Å². The fraction of sp³-hybridized carbons (Fsp3) is 0.333. The molecule has 5 nitrogen and oxygen atoms in total. The highest BCUT2D eigenvalue weighted by atomic mass is 79.9. The Labute approximate surface area is 114 Å². The predicted molar refractivity (Wildman–Crippen MR) is 72.5 cm³/mol. The van der Waals surface area contributed by atoms with Crippen LogP contribution in [0.1, 0.15) is 5.56 Å². The summed E-state index contributed by atoms with van der Waals surface area (Å²) in [6.45, 7) is 3.05. The molecule has 0 saturated carbocycles. The number of benzene rings is 1. The van der Waals surface area contributed by atoms with Crippen molar-refractivity contribution in [1.29, 1.82) is 0 Å². The molecular formula is C12H14BrN3O2. The van der Waals surface area contributed by atoms with Gasteiger partial charge in [-0.15, -0.1) is 0 Å². The standard InChI is InChI=1S/C12H14BrN3O2/c1-8-6-9(13)2-3-10(8)15-7-11(17)16-5-4-14-12(16)18/h2-3,6,15H,4-5,7H2,1H3,(H,14,18). The van der Waals surface area contributed by atoms with Crippen LogP contribution in [0.2, 0.25) is 0 Å². The van der Waals surface area contributed by atoms with Gasteiger partial charge in [-0.3, -0.25) is 9.69 Å². The van der Waals surface area contributed by atoms with E-state index in [9.17, 15) is 9.59 Å². The van der Waals surface area contributed by atoms with Crippen LogP contribution in [-0.2, 0) is 4.79 Å². The molecule has 0 spiro atoms. The van der Waals surface area contributed by atoms with E-state index in [1.54, 1.807) is 0 Å². The molecule has 2 rings (SSSR count). The first-order chi connectivity index (χ1) is 8.58. The molecule has 1 aromatic carbocycles. The number of nitrogens with zero attached hydrogens (tertiary/aromatic N) is 1. The summed E-state index contributed by atoms with van der Waals surface area (Å²) < 4.78 is 0.996. The number of urea groups is 1. The van der Waals surface area contributed by atoms with E-state index in [0.29, 0.717) is 13.1 Å². The largest absolute Gasteiger partial charge is 0.376 e. The summed E-state index contributed by atoms with van der Waals surface area (Å²) in [6.07, 6.45) is 0. The molecule has 1 aliphatic rings. The third-order valence-electron chi connectivity index (χ3n) is 2.78. The Morgan fingerprint density at radius 3 is 2.94 bits per heavy atom. The first-order valence-electron chi connectivity index (χ1n) is 5.66. The summed E-state index contributed by atoms with van der Waals surface area (Å²) in [5.74, 6) is -0.215. The molecule has 0 aromatic heterocycles. The van der Waals surface area contributed by atoms with E-state index in [0.717, 1.165) is 15.7 Å². The van der Waals surface area contributed by atoms with Crippen LogP contribution in [0.15, 0.2) is 22.7 Å². The molecule has 0 bridgehead atoms. The number of amides is 3. The lowest BCUT2D eigenvalue weighted by Gasteiger charge is -2.14. The second-order valence-electron chi connectivity index (χ2n) is 4.09. The molecule has 1 aliphatic heterocycles. The topological polar surface area (TPSA) is 61.4 Å². The van der Waals surface area contributed by atoms with E-state index >= 15 is 0 Å². The molecule has 0 atom stereocenters. The number of carbonyl (C=O) groups excluding carboxylic acids is 2. The fourth-order valence-corrected chi connectivity index (χ4v) is 2.28. The molecule has 0 aliphatic carbocycles. The van der Waals surface area contributed by atoms with Gasteiger partial charge in [-0.25, -0.2) is 4.79 Å². The number of imide groups is 1. The van der Waals surface area contributed by atoms with Crippen molar-refractivity contribution in [3.63, 3.8) is 0 Å². The molecule has 0 unspecified atom stereocenters. The van der Waals surface area contributed by atoms with E-state index < -0.39 is 0 Å². The lowest BCUT2D eigenvalue weighted by atomic mass is 10.2. The Morgan fingerprint density at radius 1 is 1.56 bits per heavy atom. The van der Waals surface area contributed by atoms with Gasteiger partial charge in [0.25, 0.3) is 0 Å². The number of carbonyl (C=O) groups is 2. The minimum atomic E-state index is -0.311. The van der Waals surface area contributed by atoms with Gasteiger partial charge in [0.05, 0.1) is 6.54 Å². The predicted octanol–water partition coefficient (Wildman–Crippen LogP) is 1.72. The van der Waals surface area contributed by atoms with Crippen LogP contribution >= 0.6 is 15.9 Å². The molecule has 96 valence electrons. The van der Waals surface area contributed by atoms with Crippen LogP contribution in [0.4, 0.5) is 10.5 Å². The third kappa shape index (κ3) is 2.81. The van der Waals surface area contributed by atoms with Crippen LogP contribution in [0, 0.1) is 6.92 Å². The van der Waals surface area contributed by atoms with E-state index in [1.807, 2.05) is 25.1 Å². The van der Waals surface area contributed by atoms with E-state index in [4.69, 9.17) is 0 Å². The minimum Gasteiger partial charge on any atom is -0.376 e. The van der Waals surface area contributed by atoms with Gasteiger partial charge in [0.2, 0.25) is 5.91 Å². The molecule has 0 radical (unpaired) electrons. The average Bonchev–Trinajstić information content (AvgIpc) is 2.74. The Bertz CT molecular complexity index is 490. The van der Waals surface area contributed by atoms with Crippen LogP contribution in [0.25, 0.3) is 0 Å². The van der Waals surface area contributed by atoms with Crippen molar-refractivity contribution < 1.29 is 9.59 Å². The average molecular weight is 312 g/mol. The summed E-state index contributed by atoms with van der Waals surface area (Å²) in [5, 5.41) is 5.65. The SMILES string of the molecule is Cc1cc(Br)ccc1NCC(=O)N1CCNC1=O. The first kappa shape index (κ1) is 12.9. The van der Waals surface area contributed by atoms with Crippen LogP contribution in [-0.4, -0.2) is 36.5 Å². The number of nitrogens with one attached hydrogen (secondary N) is 2. The quantitative estimate of drug-likeness (QED) is 0.893. The smallest absolute Gasteiger partial charge is 0.324 e. The van der Waals surface area contributed by atoms with Crippen molar-refractivity contribution in [2.45, 2.75) is 6.92 Å². The Morgan fingerprint density at radius 2 is 2.33 bits per heavy atom. The molecule has 1 saturated heterocycles. The van der Waals surface area contributed by atoms with Gasteiger partial charge in [-0.1, -0.05) is 15.9 Å². The molecule has 18 heavy (non-hydrogen) atoms. The van der Waals surface area contributed by atoms with Gasteiger partial charge in [0, 0.05) is 23.2 Å². The number of hydrogen-bond donors (Lipinski definition) is 2. The number of hydrogen-bond acceptors (Lipinski definition) is 3. The highest BCUT2D eigenvalue weighted by Gasteiger charge is 2.25. The highest BCUT2D eigenvalue weighted by molar-refractivity contribution is 9.10. The maximum atomic E-state index is 11.8. The summed E-state index contributed by atoms with van der Waals surface area (Å²) in [4.78, 5) is 24.3. The maximum absolute atomic E-state index is 11.8. The number of rotatable bonds is 3. The van der Waals surface area contributed by atoms with Gasteiger partial charge in [0.1, 0.15) is 0 Å². The van der Waals surface area contributed by atoms with Crippen LogP contribution in [0.5, 0.6) is 0 Å². The second-order valence-corrected chi connectivity index (χ2v) is 5.01. The molecular weight excluding hydrogens is 298 g/mol. The van der Waals surface area contributed by atoms with Gasteiger partial charge in [0.15, 0.2) is 0 Å². The van der Waals surface area contributed by atoms with Gasteiger partial charge in [-0.05, 0) is 30.7 Å². The number of aryl methyl sites for hydroxylation is 1. The minimum absolute atomic E-state index is 0.121. The Hall–Kier alpha value is -1.56. The normalized spacial score (nSPS) is 14.6. The summed E-state index contributed by atoms with van der Waals surface area (Å²) in [7, 11) is 0.